The molecule has 2 aliphatic rings. The second kappa shape index (κ2) is 6.84. The van der Waals surface area contributed by atoms with E-state index in [1.165, 1.54) is 21.8 Å². The monoisotopic (exact) mass is 405 g/mol. The van der Waals surface area contributed by atoms with Crippen LogP contribution < -0.4 is 10.1 Å². The molecule has 150 valence electrons. The van der Waals surface area contributed by atoms with E-state index in [1.54, 1.807) is 0 Å². The smallest absolute Gasteiger partial charge is 0.119 e. The van der Waals surface area contributed by atoms with Gasteiger partial charge in [-0.05, 0) is 55.2 Å². The maximum absolute atomic E-state index is 5.78. The zero-order valence-corrected chi connectivity index (χ0v) is 18.2. The highest BCUT2D eigenvalue weighted by atomic mass is 32.2. The highest BCUT2D eigenvalue weighted by Gasteiger charge is 2.47. The molecule has 1 N–H and O–H groups in total. The van der Waals surface area contributed by atoms with Gasteiger partial charge in [0, 0.05) is 22.9 Å². The van der Waals surface area contributed by atoms with Gasteiger partial charge >= 0.3 is 0 Å². The molecule has 0 saturated carbocycles. The Labute approximate surface area is 176 Å². The molecular formula is C24H27N3OS. The number of benzene rings is 2. The van der Waals surface area contributed by atoms with Crippen LogP contribution in [-0.2, 0) is 5.41 Å². The Morgan fingerprint density at radius 3 is 2.76 bits per heavy atom. The zero-order chi connectivity index (χ0) is 20.2. The van der Waals surface area contributed by atoms with E-state index in [0.29, 0.717) is 12.5 Å². The van der Waals surface area contributed by atoms with Crippen molar-refractivity contribution in [1.82, 2.24) is 9.78 Å². The van der Waals surface area contributed by atoms with Crippen molar-refractivity contribution >= 4 is 17.4 Å². The van der Waals surface area contributed by atoms with E-state index in [-0.39, 0.29) is 11.5 Å². The summed E-state index contributed by atoms with van der Waals surface area (Å²) >= 11 is 1.94. The summed E-state index contributed by atoms with van der Waals surface area (Å²) in [5, 5.41) is 10.1. The molecule has 0 fully saturated rings. The number of thioether (sulfide) groups is 1. The van der Waals surface area contributed by atoms with Crippen LogP contribution in [0.2, 0.25) is 0 Å². The van der Waals surface area contributed by atoms with Gasteiger partial charge in [0.15, 0.2) is 0 Å². The number of aromatic nitrogens is 2. The van der Waals surface area contributed by atoms with Gasteiger partial charge in [-0.15, -0.1) is 11.8 Å². The lowest BCUT2D eigenvalue weighted by molar-refractivity contribution is 0.288. The number of aryl methyl sites for hydroxylation is 1. The maximum Gasteiger partial charge on any atom is 0.119 e. The van der Waals surface area contributed by atoms with Crippen molar-refractivity contribution in [1.29, 1.82) is 0 Å². The molecule has 0 radical (unpaired) electrons. The lowest BCUT2D eigenvalue weighted by atomic mass is 9.66. The third-order valence-electron chi connectivity index (χ3n) is 6.41. The summed E-state index contributed by atoms with van der Waals surface area (Å²) in [6.45, 7) is 9.62. The van der Waals surface area contributed by atoms with Crippen LogP contribution in [0.15, 0.2) is 53.6 Å². The number of anilines is 1. The Kier molecular flexibility index (Phi) is 4.39. The highest BCUT2D eigenvalue weighted by Crippen LogP contribution is 2.55. The van der Waals surface area contributed by atoms with Crippen LogP contribution in [0.1, 0.15) is 43.6 Å². The minimum absolute atomic E-state index is 0.0460. The summed E-state index contributed by atoms with van der Waals surface area (Å²) in [5.74, 6) is 2.50. The molecule has 2 aromatic carbocycles. The molecule has 1 aromatic heterocycles. The second-order valence-corrected chi connectivity index (χ2v) is 9.46. The summed E-state index contributed by atoms with van der Waals surface area (Å²) in [7, 11) is 0. The van der Waals surface area contributed by atoms with Crippen LogP contribution in [0, 0.1) is 12.8 Å². The lowest BCUT2D eigenvalue weighted by Gasteiger charge is -2.48. The third-order valence-corrected chi connectivity index (χ3v) is 7.60. The van der Waals surface area contributed by atoms with Crippen LogP contribution in [0.3, 0.4) is 0 Å². The van der Waals surface area contributed by atoms with Gasteiger partial charge in [0.1, 0.15) is 10.8 Å². The molecule has 0 spiro atoms. The maximum atomic E-state index is 5.78. The molecule has 0 aliphatic carbocycles. The molecule has 0 bridgehead atoms. The van der Waals surface area contributed by atoms with Crippen LogP contribution in [-0.4, -0.2) is 22.1 Å². The number of rotatable bonds is 3. The van der Waals surface area contributed by atoms with Gasteiger partial charge in [-0.25, -0.2) is 4.68 Å². The summed E-state index contributed by atoms with van der Waals surface area (Å²) < 4.78 is 7.90. The summed E-state index contributed by atoms with van der Waals surface area (Å²) in [4.78, 5) is 0. The Morgan fingerprint density at radius 1 is 1.21 bits per heavy atom. The van der Waals surface area contributed by atoms with Crippen molar-refractivity contribution in [2.24, 2.45) is 5.92 Å². The highest BCUT2D eigenvalue weighted by molar-refractivity contribution is 7.99. The minimum Gasteiger partial charge on any atom is -0.494 e. The first-order chi connectivity index (χ1) is 14.0. The van der Waals surface area contributed by atoms with Gasteiger partial charge in [0.05, 0.1) is 24.0 Å². The fourth-order valence-electron chi connectivity index (χ4n) is 4.83. The van der Waals surface area contributed by atoms with Crippen LogP contribution in [0.5, 0.6) is 5.75 Å². The molecule has 3 heterocycles. The molecule has 29 heavy (non-hydrogen) atoms. The van der Waals surface area contributed by atoms with Gasteiger partial charge in [-0.3, -0.25) is 0 Å². The average Bonchev–Trinajstić information content (AvgIpc) is 3.06. The fourth-order valence-corrected chi connectivity index (χ4v) is 6.47. The van der Waals surface area contributed by atoms with E-state index in [1.807, 2.05) is 24.8 Å². The van der Waals surface area contributed by atoms with E-state index in [4.69, 9.17) is 9.84 Å². The Morgan fingerprint density at radius 2 is 2.00 bits per heavy atom. The summed E-state index contributed by atoms with van der Waals surface area (Å²) in [5.41, 5.74) is 6.20. The zero-order valence-electron chi connectivity index (χ0n) is 17.4. The fraction of sp³-hybridized carbons (Fsp3) is 0.375. The lowest BCUT2D eigenvalue weighted by Crippen LogP contribution is -2.44. The molecule has 0 amide bonds. The van der Waals surface area contributed by atoms with Crippen molar-refractivity contribution < 1.29 is 4.74 Å². The minimum atomic E-state index is 0.0460. The van der Waals surface area contributed by atoms with E-state index in [2.05, 4.69) is 73.2 Å². The normalized spacial score (nSPS) is 21.5. The van der Waals surface area contributed by atoms with Gasteiger partial charge < -0.3 is 10.1 Å². The van der Waals surface area contributed by atoms with Crippen LogP contribution >= 0.6 is 11.8 Å². The number of ether oxygens (including phenoxy) is 1. The van der Waals surface area contributed by atoms with Gasteiger partial charge in [0.25, 0.3) is 0 Å². The molecule has 0 saturated heterocycles. The predicted octanol–water partition coefficient (Wildman–Crippen LogP) is 5.75. The number of hydrogen-bond acceptors (Lipinski definition) is 4. The summed E-state index contributed by atoms with van der Waals surface area (Å²) in [6, 6.07) is 17.2. The van der Waals surface area contributed by atoms with Crippen molar-refractivity contribution in [2.45, 2.75) is 44.2 Å². The Hall–Kier alpha value is -2.40. The van der Waals surface area contributed by atoms with E-state index in [0.717, 1.165) is 22.9 Å². The standard InChI is InChI=1S/C24H27N3OS/c1-5-28-17-11-12-20-18(13-17)24(3,4)19-14-29-23-21(22(19)25-20)15(2)26-27(23)16-9-7-6-8-10-16/h6-13,19,22,25H,5,14H2,1-4H3/t19-,22-/m1/s1. The van der Waals surface area contributed by atoms with E-state index < -0.39 is 0 Å². The molecular weight excluding hydrogens is 378 g/mol. The SMILES string of the molecule is CCOc1ccc2c(c1)C(C)(C)[C@@H]1CSc3c(c(C)nn3-c3ccccc3)[C@@H]1N2. The molecule has 3 aromatic rings. The Bertz CT molecular complexity index is 1060. The van der Waals surface area contributed by atoms with Crippen molar-refractivity contribution in [2.75, 3.05) is 17.7 Å². The number of para-hydroxylation sites is 1. The molecule has 2 aliphatic heterocycles. The van der Waals surface area contributed by atoms with Crippen LogP contribution in [0.25, 0.3) is 5.69 Å². The van der Waals surface area contributed by atoms with E-state index >= 15 is 0 Å². The predicted molar refractivity (Wildman–Crippen MR) is 120 cm³/mol. The van der Waals surface area contributed by atoms with Gasteiger partial charge in [0.2, 0.25) is 0 Å². The number of nitrogens with zero attached hydrogens (tertiary/aromatic N) is 2. The molecule has 5 rings (SSSR count). The second-order valence-electron chi connectivity index (χ2n) is 8.45. The van der Waals surface area contributed by atoms with Crippen molar-refractivity contribution in [3.05, 3.63) is 65.4 Å². The number of nitrogens with one attached hydrogen (secondary N) is 1. The summed E-state index contributed by atoms with van der Waals surface area (Å²) in [6.07, 6.45) is 0. The number of fused-ring (bicyclic) bond motifs is 4. The van der Waals surface area contributed by atoms with E-state index in [9.17, 15) is 0 Å². The van der Waals surface area contributed by atoms with Gasteiger partial charge in [-0.2, -0.15) is 5.10 Å². The van der Waals surface area contributed by atoms with Crippen molar-refractivity contribution in [3.63, 3.8) is 0 Å². The first-order valence-electron chi connectivity index (χ1n) is 10.3. The first kappa shape index (κ1) is 18.6. The quantitative estimate of drug-likeness (QED) is 0.603. The topological polar surface area (TPSA) is 39.1 Å². The first-order valence-corrected chi connectivity index (χ1v) is 11.3. The molecule has 4 nitrogen and oxygen atoms in total. The number of hydrogen-bond donors (Lipinski definition) is 1. The third kappa shape index (κ3) is 2.86. The Balaban J connectivity index is 1.61. The molecule has 2 atom stereocenters. The largest absolute Gasteiger partial charge is 0.494 e. The molecule has 0 unspecified atom stereocenters. The molecule has 5 heteroatoms. The van der Waals surface area contributed by atoms with Gasteiger partial charge in [-0.1, -0.05) is 32.0 Å². The van der Waals surface area contributed by atoms with Crippen molar-refractivity contribution in [3.8, 4) is 11.4 Å². The average molecular weight is 406 g/mol. The van der Waals surface area contributed by atoms with Crippen LogP contribution in [0.4, 0.5) is 5.69 Å².